The van der Waals surface area contributed by atoms with Gasteiger partial charge in [-0.15, -0.1) is 0 Å². The topological polar surface area (TPSA) is 50.9 Å². The lowest BCUT2D eigenvalue weighted by Crippen LogP contribution is -1.99. The van der Waals surface area contributed by atoms with Gasteiger partial charge >= 0.3 is 0 Å². The number of aromatic nitrogens is 1. The Balaban J connectivity index is 2.36. The molecule has 0 bridgehead atoms. The maximum absolute atomic E-state index is 13.2. The van der Waals surface area contributed by atoms with Crippen LogP contribution in [0.5, 0.6) is 0 Å². The third kappa shape index (κ3) is 2.96. The third-order valence-corrected chi connectivity index (χ3v) is 2.89. The minimum absolute atomic E-state index is 0.131. The minimum Gasteiger partial charge on any atom is -0.382 e. The lowest BCUT2D eigenvalue weighted by molar-refractivity contribution is 0.628. The van der Waals surface area contributed by atoms with Crippen molar-refractivity contribution in [3.8, 4) is 0 Å². The predicted octanol–water partition coefficient (Wildman–Crippen LogP) is 4.51. The second kappa shape index (κ2) is 5.18. The third-order valence-electron chi connectivity index (χ3n) is 2.08. The van der Waals surface area contributed by atoms with Crippen molar-refractivity contribution in [1.82, 2.24) is 4.98 Å². The fourth-order valence-corrected chi connectivity index (χ4v) is 1.96. The number of benzene rings is 1. The Morgan fingerprint density at radius 1 is 1.06 bits per heavy atom. The summed E-state index contributed by atoms with van der Waals surface area (Å²) in [6, 6.07) is 5.44. The van der Waals surface area contributed by atoms with E-state index < -0.39 is 5.82 Å². The van der Waals surface area contributed by atoms with Crippen LogP contribution in [0.2, 0.25) is 15.1 Å². The van der Waals surface area contributed by atoms with Gasteiger partial charge < -0.3 is 11.1 Å². The summed E-state index contributed by atoms with van der Waals surface area (Å²) in [4.78, 5) is 3.96. The van der Waals surface area contributed by atoms with Gasteiger partial charge in [-0.1, -0.05) is 34.8 Å². The Kier molecular flexibility index (Phi) is 3.80. The van der Waals surface area contributed by atoms with Crippen LogP contribution < -0.4 is 11.1 Å². The van der Waals surface area contributed by atoms with Gasteiger partial charge in [0.05, 0.1) is 10.0 Å². The highest BCUT2D eigenvalue weighted by Crippen LogP contribution is 2.30. The molecule has 1 aromatic heterocycles. The molecule has 0 aliphatic carbocycles. The normalized spacial score (nSPS) is 10.4. The van der Waals surface area contributed by atoms with Gasteiger partial charge in [0.1, 0.15) is 11.6 Å². The van der Waals surface area contributed by atoms with Crippen LogP contribution in [0, 0.1) is 5.82 Å². The average molecular weight is 307 g/mol. The molecule has 94 valence electrons. The van der Waals surface area contributed by atoms with Crippen LogP contribution in [-0.2, 0) is 0 Å². The van der Waals surface area contributed by atoms with E-state index >= 15 is 0 Å². The molecular formula is C11H7Cl3FN3. The first-order valence-corrected chi connectivity index (χ1v) is 5.94. The van der Waals surface area contributed by atoms with E-state index in [1.54, 1.807) is 0 Å². The smallest absolute Gasteiger partial charge is 0.151 e. The zero-order chi connectivity index (χ0) is 13.3. The molecule has 0 aliphatic rings. The van der Waals surface area contributed by atoms with Crippen molar-refractivity contribution < 1.29 is 4.39 Å². The Labute approximate surface area is 118 Å². The first kappa shape index (κ1) is 13.2. The second-order valence-corrected chi connectivity index (χ2v) is 4.72. The number of rotatable bonds is 2. The zero-order valence-corrected chi connectivity index (χ0v) is 11.1. The second-order valence-electron chi connectivity index (χ2n) is 3.47. The van der Waals surface area contributed by atoms with Gasteiger partial charge in [0.25, 0.3) is 0 Å². The molecule has 0 spiro atoms. The van der Waals surface area contributed by atoms with E-state index in [1.165, 1.54) is 24.3 Å². The van der Waals surface area contributed by atoms with Crippen LogP contribution in [0.15, 0.2) is 24.3 Å². The van der Waals surface area contributed by atoms with Gasteiger partial charge in [0.15, 0.2) is 5.82 Å². The molecule has 0 unspecified atom stereocenters. The van der Waals surface area contributed by atoms with E-state index in [0.717, 1.165) is 0 Å². The standard InChI is InChI=1S/C11H7Cl3FN3/c12-5-1-6(15)3-7(2-5)17-11-9(14)4-8(13)10(16)18-11/h1-4H,(H3,16,17,18). The van der Waals surface area contributed by atoms with E-state index in [4.69, 9.17) is 40.5 Å². The lowest BCUT2D eigenvalue weighted by atomic mass is 10.3. The van der Waals surface area contributed by atoms with Crippen LogP contribution >= 0.6 is 34.8 Å². The monoisotopic (exact) mass is 305 g/mol. The van der Waals surface area contributed by atoms with Gasteiger partial charge in [-0.05, 0) is 24.3 Å². The molecule has 1 aromatic carbocycles. The van der Waals surface area contributed by atoms with Gasteiger partial charge in [-0.2, -0.15) is 0 Å². The van der Waals surface area contributed by atoms with Crippen molar-refractivity contribution in [1.29, 1.82) is 0 Å². The number of nitrogens with zero attached hydrogens (tertiary/aromatic N) is 1. The molecule has 7 heteroatoms. The molecule has 18 heavy (non-hydrogen) atoms. The van der Waals surface area contributed by atoms with Crippen molar-refractivity contribution in [3.63, 3.8) is 0 Å². The molecule has 0 aliphatic heterocycles. The highest BCUT2D eigenvalue weighted by atomic mass is 35.5. The van der Waals surface area contributed by atoms with Gasteiger partial charge in [0, 0.05) is 10.7 Å². The molecular weight excluding hydrogens is 299 g/mol. The van der Waals surface area contributed by atoms with E-state index in [-0.39, 0.29) is 26.7 Å². The first-order valence-electron chi connectivity index (χ1n) is 4.80. The Hall–Kier alpha value is -1.23. The summed E-state index contributed by atoms with van der Waals surface area (Å²) < 4.78 is 13.2. The predicted molar refractivity (Wildman–Crippen MR) is 73.4 cm³/mol. The van der Waals surface area contributed by atoms with E-state index in [9.17, 15) is 4.39 Å². The molecule has 3 N–H and O–H groups in total. The molecule has 0 amide bonds. The van der Waals surface area contributed by atoms with Crippen molar-refractivity contribution in [3.05, 3.63) is 45.2 Å². The number of hydrogen-bond donors (Lipinski definition) is 2. The number of pyridine rings is 1. The maximum atomic E-state index is 13.2. The number of hydrogen-bond acceptors (Lipinski definition) is 3. The zero-order valence-electron chi connectivity index (χ0n) is 8.85. The molecule has 0 saturated carbocycles. The van der Waals surface area contributed by atoms with Crippen molar-refractivity contribution in [2.45, 2.75) is 0 Å². The molecule has 0 atom stereocenters. The van der Waals surface area contributed by atoms with Crippen molar-refractivity contribution in [2.75, 3.05) is 11.1 Å². The average Bonchev–Trinajstić information content (AvgIpc) is 2.24. The van der Waals surface area contributed by atoms with E-state index in [0.29, 0.717) is 5.69 Å². The summed E-state index contributed by atoms with van der Waals surface area (Å²) in [7, 11) is 0. The number of nitrogens with two attached hydrogens (primary N) is 1. The van der Waals surface area contributed by atoms with E-state index in [1.807, 2.05) is 0 Å². The quantitative estimate of drug-likeness (QED) is 0.858. The van der Waals surface area contributed by atoms with Crippen LogP contribution in [0.1, 0.15) is 0 Å². The van der Waals surface area contributed by atoms with E-state index in [2.05, 4.69) is 10.3 Å². The lowest BCUT2D eigenvalue weighted by Gasteiger charge is -2.09. The number of nitrogen functional groups attached to an aromatic ring is 1. The molecule has 2 rings (SSSR count). The molecule has 3 nitrogen and oxygen atoms in total. The fraction of sp³-hybridized carbons (Fsp3) is 0. The van der Waals surface area contributed by atoms with Crippen LogP contribution in [0.25, 0.3) is 0 Å². The van der Waals surface area contributed by atoms with Crippen LogP contribution in [0.4, 0.5) is 21.7 Å². The fourth-order valence-electron chi connectivity index (χ4n) is 1.33. The minimum atomic E-state index is -0.469. The molecule has 1 heterocycles. The SMILES string of the molecule is Nc1nc(Nc2cc(F)cc(Cl)c2)c(Cl)cc1Cl. The summed E-state index contributed by atoms with van der Waals surface area (Å²) in [5, 5.41) is 3.60. The number of anilines is 3. The molecule has 0 radical (unpaired) electrons. The van der Waals surface area contributed by atoms with Gasteiger partial charge in [0.2, 0.25) is 0 Å². The van der Waals surface area contributed by atoms with Crippen molar-refractivity contribution in [2.24, 2.45) is 0 Å². The number of nitrogens with one attached hydrogen (secondary N) is 1. The van der Waals surface area contributed by atoms with Crippen LogP contribution in [-0.4, -0.2) is 4.98 Å². The first-order chi connectivity index (χ1) is 8.45. The molecule has 0 saturated heterocycles. The highest BCUT2D eigenvalue weighted by molar-refractivity contribution is 6.37. The van der Waals surface area contributed by atoms with Crippen molar-refractivity contribution >= 4 is 52.1 Å². The maximum Gasteiger partial charge on any atom is 0.151 e. The number of halogens is 4. The van der Waals surface area contributed by atoms with Gasteiger partial charge in [-0.3, -0.25) is 0 Å². The van der Waals surface area contributed by atoms with Gasteiger partial charge in [-0.25, -0.2) is 9.37 Å². The summed E-state index contributed by atoms with van der Waals surface area (Å²) >= 11 is 17.4. The Bertz CT molecular complexity index is 584. The Morgan fingerprint density at radius 2 is 1.78 bits per heavy atom. The summed E-state index contributed by atoms with van der Waals surface area (Å²) in [5.74, 6) is -0.0608. The van der Waals surface area contributed by atoms with Crippen LogP contribution in [0.3, 0.4) is 0 Å². The molecule has 2 aromatic rings. The Morgan fingerprint density at radius 3 is 2.44 bits per heavy atom. The summed E-state index contributed by atoms with van der Waals surface area (Å²) in [6.07, 6.45) is 0. The molecule has 0 fully saturated rings. The largest absolute Gasteiger partial charge is 0.382 e. The summed E-state index contributed by atoms with van der Waals surface area (Å²) in [5.41, 5.74) is 5.97. The summed E-state index contributed by atoms with van der Waals surface area (Å²) in [6.45, 7) is 0. The highest BCUT2D eigenvalue weighted by Gasteiger charge is 2.08.